The third-order valence-electron chi connectivity index (χ3n) is 2.32. The maximum Gasteiger partial charge on any atom is 0.337 e. The Bertz CT molecular complexity index is 681. The van der Waals surface area contributed by atoms with Gasteiger partial charge in [-0.15, -0.1) is 12.3 Å². The van der Waals surface area contributed by atoms with Crippen molar-refractivity contribution < 1.29 is 22.7 Å². The van der Waals surface area contributed by atoms with Gasteiger partial charge in [0.05, 0.1) is 15.5 Å². The van der Waals surface area contributed by atoms with Crippen molar-refractivity contribution in [2.75, 3.05) is 0 Å². The second-order valence-electron chi connectivity index (χ2n) is 4.00. The quantitative estimate of drug-likeness (QED) is 0.812. The van der Waals surface area contributed by atoms with E-state index in [0.717, 1.165) is 6.07 Å². The highest BCUT2D eigenvalue weighted by atomic mass is 35.5. The van der Waals surface area contributed by atoms with Crippen LogP contribution in [0.25, 0.3) is 0 Å². The summed E-state index contributed by atoms with van der Waals surface area (Å²) in [6, 6.07) is 0.871. The Morgan fingerprint density at radius 1 is 1.60 bits per heavy atom. The molecule has 0 aliphatic rings. The smallest absolute Gasteiger partial charge is 0.337 e. The topological polar surface area (TPSA) is 83.5 Å². The molecule has 1 aromatic carbocycles. The monoisotopic (exact) mass is 319 g/mol. The highest BCUT2D eigenvalue weighted by Crippen LogP contribution is 2.24. The van der Waals surface area contributed by atoms with Crippen molar-refractivity contribution in [3.8, 4) is 12.3 Å². The number of benzene rings is 1. The number of halogens is 2. The summed E-state index contributed by atoms with van der Waals surface area (Å²) in [7, 11) is -4.08. The Morgan fingerprint density at radius 2 is 2.20 bits per heavy atom. The minimum atomic E-state index is -4.08. The van der Waals surface area contributed by atoms with E-state index < -0.39 is 43.3 Å². The fourth-order valence-electron chi connectivity index (χ4n) is 1.43. The van der Waals surface area contributed by atoms with Crippen LogP contribution in [0.4, 0.5) is 4.39 Å². The molecular weight excluding hydrogens is 309 g/mol. The van der Waals surface area contributed by atoms with Crippen LogP contribution in [-0.2, 0) is 10.0 Å². The van der Waals surface area contributed by atoms with E-state index in [9.17, 15) is 17.6 Å². The van der Waals surface area contributed by atoms with Crippen molar-refractivity contribution in [3.63, 3.8) is 0 Å². The van der Waals surface area contributed by atoms with Crippen molar-refractivity contribution in [3.05, 3.63) is 28.5 Å². The molecule has 0 aromatic heterocycles. The molecule has 0 amide bonds. The van der Waals surface area contributed by atoms with Crippen LogP contribution >= 0.6 is 11.6 Å². The Balaban J connectivity index is 3.27. The zero-order chi connectivity index (χ0) is 15.5. The first-order chi connectivity index (χ1) is 9.19. The molecule has 5 nitrogen and oxygen atoms in total. The second kappa shape index (κ2) is 6.22. The number of carboxylic acids is 1. The maximum absolute atomic E-state index is 13.5. The molecule has 108 valence electrons. The molecule has 0 bridgehead atoms. The van der Waals surface area contributed by atoms with Gasteiger partial charge in [-0.2, -0.15) is 0 Å². The number of hydrogen-bond acceptors (Lipinski definition) is 3. The number of carboxylic acid groups (broad SMARTS) is 1. The molecule has 20 heavy (non-hydrogen) atoms. The van der Waals surface area contributed by atoms with Crippen molar-refractivity contribution in [2.45, 2.75) is 24.3 Å². The van der Waals surface area contributed by atoms with E-state index in [1.54, 1.807) is 0 Å². The van der Waals surface area contributed by atoms with Crippen molar-refractivity contribution >= 4 is 27.6 Å². The van der Waals surface area contributed by atoms with E-state index in [0.29, 0.717) is 6.07 Å². The molecule has 0 fully saturated rings. The van der Waals surface area contributed by atoms with E-state index in [2.05, 4.69) is 10.6 Å². The van der Waals surface area contributed by atoms with Gasteiger partial charge < -0.3 is 5.11 Å². The minimum absolute atomic E-state index is 0.140. The predicted molar refractivity (Wildman–Crippen MR) is 71.6 cm³/mol. The molecule has 0 saturated carbocycles. The van der Waals surface area contributed by atoms with Crippen LogP contribution in [0.2, 0.25) is 5.02 Å². The summed E-state index contributed by atoms with van der Waals surface area (Å²) in [5.74, 6) is -0.378. The van der Waals surface area contributed by atoms with Crippen LogP contribution < -0.4 is 4.72 Å². The van der Waals surface area contributed by atoms with E-state index in [1.165, 1.54) is 6.92 Å². The summed E-state index contributed by atoms with van der Waals surface area (Å²) in [6.45, 7) is 1.53. The first kappa shape index (κ1) is 16.4. The van der Waals surface area contributed by atoms with Crippen LogP contribution in [0.15, 0.2) is 17.0 Å². The van der Waals surface area contributed by atoms with Gasteiger partial charge in [-0.3, -0.25) is 0 Å². The zero-order valence-electron chi connectivity index (χ0n) is 10.4. The molecule has 0 radical (unpaired) electrons. The van der Waals surface area contributed by atoms with Crippen LogP contribution in [0.5, 0.6) is 0 Å². The second-order valence-corrected chi connectivity index (χ2v) is 6.09. The van der Waals surface area contributed by atoms with E-state index in [-0.39, 0.29) is 6.42 Å². The number of aromatic carboxylic acids is 1. The number of sulfonamides is 1. The Hall–Kier alpha value is -1.62. The fraction of sp³-hybridized carbons (Fsp3) is 0.250. The van der Waals surface area contributed by atoms with Crippen LogP contribution in [0, 0.1) is 18.2 Å². The average molecular weight is 320 g/mol. The number of nitrogens with one attached hydrogen (secondary N) is 1. The lowest BCUT2D eigenvalue weighted by atomic mass is 10.2. The summed E-state index contributed by atoms with van der Waals surface area (Å²) in [5, 5.41) is 8.21. The Kier molecular flexibility index (Phi) is 5.11. The number of hydrogen-bond donors (Lipinski definition) is 2. The number of carbonyl (C=O) groups is 1. The van der Waals surface area contributed by atoms with Gasteiger partial charge in [0.15, 0.2) is 0 Å². The normalized spacial score (nSPS) is 12.7. The Labute approximate surface area is 120 Å². The van der Waals surface area contributed by atoms with Gasteiger partial charge in [0.2, 0.25) is 10.0 Å². The van der Waals surface area contributed by atoms with Gasteiger partial charge in [-0.25, -0.2) is 22.3 Å². The third kappa shape index (κ3) is 3.70. The SMILES string of the molecule is C#CCC(C)NS(=O)(=O)c1cc(F)c(Cl)c(C(=O)O)c1. The van der Waals surface area contributed by atoms with E-state index >= 15 is 0 Å². The van der Waals surface area contributed by atoms with Crippen molar-refractivity contribution in [1.29, 1.82) is 0 Å². The maximum atomic E-state index is 13.5. The lowest BCUT2D eigenvalue weighted by Gasteiger charge is -2.12. The predicted octanol–water partition coefficient (Wildman–Crippen LogP) is 1.87. The lowest BCUT2D eigenvalue weighted by molar-refractivity contribution is 0.0696. The summed E-state index contributed by atoms with van der Waals surface area (Å²) < 4.78 is 39.7. The highest BCUT2D eigenvalue weighted by molar-refractivity contribution is 7.89. The fourth-order valence-corrected chi connectivity index (χ4v) is 2.90. The van der Waals surface area contributed by atoms with Crippen molar-refractivity contribution in [2.24, 2.45) is 0 Å². The van der Waals surface area contributed by atoms with E-state index in [4.69, 9.17) is 23.1 Å². The molecule has 0 spiro atoms. The molecule has 0 saturated heterocycles. The number of terminal acetylenes is 1. The minimum Gasteiger partial charge on any atom is -0.478 e. The molecule has 2 N–H and O–H groups in total. The van der Waals surface area contributed by atoms with Crippen LogP contribution in [0.1, 0.15) is 23.7 Å². The molecule has 0 aliphatic carbocycles. The summed E-state index contributed by atoms with van der Waals surface area (Å²) in [6.07, 6.45) is 5.19. The van der Waals surface area contributed by atoms with Gasteiger partial charge in [0, 0.05) is 12.5 Å². The molecule has 0 heterocycles. The first-order valence-corrected chi connectivity index (χ1v) is 7.23. The summed E-state index contributed by atoms with van der Waals surface area (Å²) in [4.78, 5) is 10.4. The van der Waals surface area contributed by atoms with E-state index in [1.807, 2.05) is 0 Å². The standard InChI is InChI=1S/C12H11ClFNO4S/c1-3-4-7(2)15-20(18,19)8-5-9(12(16)17)11(13)10(14)6-8/h1,5-7,15H,4H2,2H3,(H,16,17). The first-order valence-electron chi connectivity index (χ1n) is 5.37. The molecular formula is C12H11ClFNO4S. The molecule has 1 atom stereocenters. The number of rotatable bonds is 5. The molecule has 0 aliphatic heterocycles. The molecule has 1 unspecified atom stereocenters. The zero-order valence-corrected chi connectivity index (χ0v) is 11.9. The van der Waals surface area contributed by atoms with Crippen LogP contribution in [-0.4, -0.2) is 25.5 Å². The summed E-state index contributed by atoms with van der Waals surface area (Å²) in [5.41, 5.74) is -0.628. The molecule has 8 heteroatoms. The third-order valence-corrected chi connectivity index (χ3v) is 4.28. The van der Waals surface area contributed by atoms with Gasteiger partial charge in [0.1, 0.15) is 5.82 Å². The summed E-state index contributed by atoms with van der Waals surface area (Å²) >= 11 is 5.47. The van der Waals surface area contributed by atoms with Crippen LogP contribution in [0.3, 0.4) is 0 Å². The lowest BCUT2D eigenvalue weighted by Crippen LogP contribution is -2.32. The average Bonchev–Trinajstić information content (AvgIpc) is 2.31. The van der Waals surface area contributed by atoms with Gasteiger partial charge in [-0.1, -0.05) is 11.6 Å². The van der Waals surface area contributed by atoms with Gasteiger partial charge >= 0.3 is 5.97 Å². The highest BCUT2D eigenvalue weighted by Gasteiger charge is 2.23. The van der Waals surface area contributed by atoms with Gasteiger partial charge in [0.25, 0.3) is 0 Å². The largest absolute Gasteiger partial charge is 0.478 e. The van der Waals surface area contributed by atoms with Gasteiger partial charge in [-0.05, 0) is 19.1 Å². The Morgan fingerprint density at radius 3 is 2.70 bits per heavy atom. The van der Waals surface area contributed by atoms with Crippen molar-refractivity contribution in [1.82, 2.24) is 4.72 Å². The molecule has 1 rings (SSSR count). The molecule has 1 aromatic rings.